The summed E-state index contributed by atoms with van der Waals surface area (Å²) in [6.45, 7) is -2.87. The molecule has 0 spiro atoms. The quantitative estimate of drug-likeness (QED) is 0.482. The van der Waals surface area contributed by atoms with Gasteiger partial charge in [-0.3, -0.25) is 4.99 Å². The number of nitrogens with zero attached hydrogens (tertiary/aromatic N) is 3. The average Bonchev–Trinajstić information content (AvgIpc) is 3.19. The number of ether oxygens (including phenoxy) is 4. The van der Waals surface area contributed by atoms with Crippen LogP contribution in [0.15, 0.2) is 51.9 Å². The number of hydrogen-bond acceptors (Lipinski definition) is 7. The molecule has 0 aliphatic heterocycles. The van der Waals surface area contributed by atoms with Crippen molar-refractivity contribution in [2.75, 3.05) is 28.4 Å². The average molecular weight is 449 g/mol. The van der Waals surface area contributed by atoms with Crippen LogP contribution in [0.2, 0.25) is 0 Å². The van der Waals surface area contributed by atoms with Gasteiger partial charge in [0, 0.05) is 23.6 Å². The predicted molar refractivity (Wildman–Crippen MR) is 115 cm³/mol. The number of benzene rings is 2. The molecule has 0 bridgehead atoms. The first kappa shape index (κ1) is 22.3. The van der Waals surface area contributed by atoms with Gasteiger partial charge in [0.25, 0.3) is 0 Å². The van der Waals surface area contributed by atoms with Gasteiger partial charge in [0.15, 0.2) is 11.5 Å². The molecule has 1 aromatic heterocycles. The van der Waals surface area contributed by atoms with E-state index in [1.54, 1.807) is 49.3 Å². The SMILES string of the molecule is CN=c1scc(-c2ccc(OC(F)F)cc2)n1N=Cc1ccc(OC)c(OC)c1OC. The number of hydrogen-bond donors (Lipinski definition) is 0. The summed E-state index contributed by atoms with van der Waals surface area (Å²) >= 11 is 1.40. The van der Waals surface area contributed by atoms with Gasteiger partial charge in [0.05, 0.1) is 33.2 Å². The molecule has 2 aromatic carbocycles. The van der Waals surface area contributed by atoms with Crippen LogP contribution in [0.3, 0.4) is 0 Å². The summed E-state index contributed by atoms with van der Waals surface area (Å²) in [6.07, 6.45) is 1.62. The molecule has 3 aromatic rings. The van der Waals surface area contributed by atoms with E-state index in [-0.39, 0.29) is 5.75 Å². The smallest absolute Gasteiger partial charge is 0.387 e. The van der Waals surface area contributed by atoms with Crippen LogP contribution < -0.4 is 23.7 Å². The lowest BCUT2D eigenvalue weighted by Gasteiger charge is -2.13. The van der Waals surface area contributed by atoms with E-state index in [2.05, 4.69) is 14.8 Å². The molecule has 10 heteroatoms. The Morgan fingerprint density at radius 1 is 0.968 bits per heavy atom. The molecule has 0 fully saturated rings. The molecule has 0 radical (unpaired) electrons. The number of thiazole rings is 1. The molecule has 0 unspecified atom stereocenters. The summed E-state index contributed by atoms with van der Waals surface area (Å²) in [4.78, 5) is 4.91. The van der Waals surface area contributed by atoms with Crippen molar-refractivity contribution in [1.29, 1.82) is 0 Å². The maximum atomic E-state index is 12.4. The molecular weight excluding hydrogens is 428 g/mol. The third-order valence-corrected chi connectivity index (χ3v) is 5.21. The Labute approximate surface area is 181 Å². The zero-order valence-corrected chi connectivity index (χ0v) is 18.2. The van der Waals surface area contributed by atoms with Gasteiger partial charge in [-0.25, -0.2) is 4.68 Å². The molecule has 0 atom stereocenters. The van der Waals surface area contributed by atoms with E-state index in [1.807, 2.05) is 5.38 Å². The topological polar surface area (TPSA) is 66.6 Å². The molecule has 164 valence electrons. The fourth-order valence-corrected chi connectivity index (χ4v) is 3.72. The van der Waals surface area contributed by atoms with Gasteiger partial charge in [0.2, 0.25) is 10.6 Å². The van der Waals surface area contributed by atoms with E-state index in [1.165, 1.54) is 37.7 Å². The second kappa shape index (κ2) is 10.1. The third-order valence-electron chi connectivity index (χ3n) is 4.30. The number of aromatic nitrogens is 1. The van der Waals surface area contributed by atoms with Crippen LogP contribution in [0, 0.1) is 0 Å². The van der Waals surface area contributed by atoms with Crippen molar-refractivity contribution in [3.63, 3.8) is 0 Å². The van der Waals surface area contributed by atoms with Crippen LogP contribution in [0.25, 0.3) is 11.3 Å². The van der Waals surface area contributed by atoms with E-state index in [0.29, 0.717) is 27.6 Å². The van der Waals surface area contributed by atoms with Gasteiger partial charge < -0.3 is 18.9 Å². The van der Waals surface area contributed by atoms with Crippen LogP contribution in [-0.2, 0) is 0 Å². The highest BCUT2D eigenvalue weighted by molar-refractivity contribution is 7.07. The van der Waals surface area contributed by atoms with Crippen molar-refractivity contribution in [2.45, 2.75) is 6.61 Å². The normalized spacial score (nSPS) is 11.9. The first-order valence-electron chi connectivity index (χ1n) is 9.04. The Morgan fingerprint density at radius 3 is 2.26 bits per heavy atom. The summed E-state index contributed by atoms with van der Waals surface area (Å²) in [5.74, 6) is 1.56. The number of alkyl halides is 2. The highest BCUT2D eigenvalue weighted by Crippen LogP contribution is 2.39. The Morgan fingerprint density at radius 2 is 1.68 bits per heavy atom. The molecule has 7 nitrogen and oxygen atoms in total. The van der Waals surface area contributed by atoms with Crippen LogP contribution in [0.1, 0.15) is 5.56 Å². The van der Waals surface area contributed by atoms with Crippen LogP contribution in [0.5, 0.6) is 23.0 Å². The Balaban J connectivity index is 2.02. The lowest BCUT2D eigenvalue weighted by Crippen LogP contribution is -2.11. The van der Waals surface area contributed by atoms with Crippen molar-refractivity contribution in [2.24, 2.45) is 10.1 Å². The van der Waals surface area contributed by atoms with E-state index >= 15 is 0 Å². The summed E-state index contributed by atoms with van der Waals surface area (Å²) in [5, 5.41) is 6.46. The zero-order chi connectivity index (χ0) is 22.4. The monoisotopic (exact) mass is 449 g/mol. The minimum atomic E-state index is -2.87. The van der Waals surface area contributed by atoms with Crippen LogP contribution in [0.4, 0.5) is 8.78 Å². The van der Waals surface area contributed by atoms with Crippen molar-refractivity contribution in [3.8, 4) is 34.3 Å². The minimum absolute atomic E-state index is 0.0829. The van der Waals surface area contributed by atoms with E-state index in [4.69, 9.17) is 14.2 Å². The van der Waals surface area contributed by atoms with Gasteiger partial charge >= 0.3 is 6.61 Å². The van der Waals surface area contributed by atoms with Crippen molar-refractivity contribution in [3.05, 3.63) is 52.1 Å². The Hall–Kier alpha value is -3.40. The lowest BCUT2D eigenvalue weighted by atomic mass is 10.1. The largest absolute Gasteiger partial charge is 0.493 e. The molecule has 0 saturated carbocycles. The molecule has 0 N–H and O–H groups in total. The van der Waals surface area contributed by atoms with Gasteiger partial charge in [-0.15, -0.1) is 11.3 Å². The number of methoxy groups -OCH3 is 3. The van der Waals surface area contributed by atoms with Gasteiger partial charge in [0.1, 0.15) is 5.75 Å². The molecule has 0 aliphatic carbocycles. The maximum Gasteiger partial charge on any atom is 0.387 e. The number of halogens is 2. The summed E-state index contributed by atoms with van der Waals surface area (Å²) in [6, 6.07) is 9.88. The Kier molecular flexibility index (Phi) is 7.24. The molecule has 1 heterocycles. The zero-order valence-electron chi connectivity index (χ0n) is 17.3. The van der Waals surface area contributed by atoms with Gasteiger partial charge in [-0.1, -0.05) is 0 Å². The molecule has 0 saturated heterocycles. The second-order valence-electron chi connectivity index (χ2n) is 6.01. The fraction of sp³-hybridized carbons (Fsp3) is 0.238. The highest BCUT2D eigenvalue weighted by Gasteiger charge is 2.15. The standard InChI is InChI=1S/C21H21F2N3O4S/c1-24-21-26(16(12-31-21)13-5-8-15(9-6-13)30-20(22)23)25-11-14-7-10-17(27-2)19(29-4)18(14)28-3/h5-12,20H,1-4H3. The first-order chi connectivity index (χ1) is 15.0. The molecule has 0 amide bonds. The molecule has 31 heavy (non-hydrogen) atoms. The summed E-state index contributed by atoms with van der Waals surface area (Å²) < 4.78 is 47.1. The number of rotatable bonds is 8. The van der Waals surface area contributed by atoms with E-state index < -0.39 is 6.61 Å². The Bertz CT molecular complexity index is 1120. The first-order valence-corrected chi connectivity index (χ1v) is 9.92. The molecule has 0 aliphatic rings. The highest BCUT2D eigenvalue weighted by atomic mass is 32.1. The maximum absolute atomic E-state index is 12.4. The summed E-state index contributed by atoms with van der Waals surface area (Å²) in [5.41, 5.74) is 2.18. The molecular formula is C21H21F2N3O4S. The third kappa shape index (κ3) is 4.85. The van der Waals surface area contributed by atoms with Crippen molar-refractivity contribution < 1.29 is 27.7 Å². The van der Waals surface area contributed by atoms with Crippen molar-refractivity contribution >= 4 is 17.6 Å². The summed E-state index contributed by atoms with van der Waals surface area (Å²) in [7, 11) is 6.28. The van der Waals surface area contributed by atoms with Crippen molar-refractivity contribution in [1.82, 2.24) is 4.68 Å². The van der Waals surface area contributed by atoms with Crippen LogP contribution in [-0.4, -0.2) is 45.9 Å². The predicted octanol–water partition coefficient (Wildman–Crippen LogP) is 4.26. The lowest BCUT2D eigenvalue weighted by molar-refractivity contribution is -0.0498. The second-order valence-corrected chi connectivity index (χ2v) is 6.85. The van der Waals surface area contributed by atoms with E-state index in [9.17, 15) is 8.78 Å². The van der Waals surface area contributed by atoms with Crippen LogP contribution >= 0.6 is 11.3 Å². The molecule has 3 rings (SSSR count). The van der Waals surface area contributed by atoms with E-state index in [0.717, 1.165) is 11.3 Å². The van der Waals surface area contributed by atoms with Gasteiger partial charge in [-0.05, 0) is 36.4 Å². The fourth-order valence-electron chi connectivity index (χ4n) is 2.91. The minimum Gasteiger partial charge on any atom is -0.493 e. The van der Waals surface area contributed by atoms with Gasteiger partial charge in [-0.2, -0.15) is 13.9 Å².